The van der Waals surface area contributed by atoms with Crippen molar-refractivity contribution in [2.75, 3.05) is 11.9 Å². The van der Waals surface area contributed by atoms with E-state index >= 15 is 8.78 Å². The number of nitrogens with zero attached hydrogens (tertiary/aromatic N) is 1. The Kier molecular flexibility index (Phi) is 7.52. The molecule has 0 radical (unpaired) electrons. The predicted octanol–water partition coefficient (Wildman–Crippen LogP) is 4.07. The van der Waals surface area contributed by atoms with Gasteiger partial charge in [-0.1, -0.05) is 6.07 Å². The molecule has 12 heteroatoms. The number of primary amides is 1. The molecule has 184 valence electrons. The number of hydrogen-bond acceptors (Lipinski definition) is 6. The van der Waals surface area contributed by atoms with Gasteiger partial charge in [0.15, 0.2) is 22.3 Å². The minimum Gasteiger partial charge on any atom is -0.491 e. The van der Waals surface area contributed by atoms with Crippen LogP contribution in [0, 0.1) is 21.1 Å². The van der Waals surface area contributed by atoms with Crippen molar-refractivity contribution < 1.29 is 26.7 Å². The van der Waals surface area contributed by atoms with Gasteiger partial charge in [0.2, 0.25) is 10.0 Å². The summed E-state index contributed by atoms with van der Waals surface area (Å²) in [5.41, 5.74) is 5.02. The second-order valence-electron chi connectivity index (χ2n) is 7.93. The third kappa shape index (κ3) is 5.87. The first-order valence-corrected chi connectivity index (χ1v) is 13.1. The summed E-state index contributed by atoms with van der Waals surface area (Å²) in [6, 6.07) is 11.5. The fraction of sp³-hybridized carbons (Fsp3) is 0.217. The molecule has 1 fully saturated rings. The lowest BCUT2D eigenvalue weighted by Crippen LogP contribution is -2.28. The first kappa shape index (κ1) is 25.3. The maximum Gasteiger partial charge on any atom is 0.254 e. The Morgan fingerprint density at radius 3 is 2.46 bits per heavy atom. The molecule has 0 saturated heterocycles. The van der Waals surface area contributed by atoms with Gasteiger partial charge in [0, 0.05) is 15.5 Å². The van der Waals surface area contributed by atoms with Gasteiger partial charge in [-0.3, -0.25) is 9.78 Å². The topological polar surface area (TPSA) is 123 Å². The molecular formula is C23H21F2IN4O4S. The van der Waals surface area contributed by atoms with Gasteiger partial charge in [-0.25, -0.2) is 21.9 Å². The van der Waals surface area contributed by atoms with Crippen LogP contribution in [0.5, 0.6) is 5.75 Å². The lowest BCUT2D eigenvalue weighted by Gasteiger charge is -2.20. The lowest BCUT2D eigenvalue weighted by atomic mass is 10.1. The first-order valence-electron chi connectivity index (χ1n) is 10.6. The summed E-state index contributed by atoms with van der Waals surface area (Å²) >= 11 is 2.08. The molecule has 8 nitrogen and oxygen atoms in total. The fourth-order valence-electron chi connectivity index (χ4n) is 3.28. The van der Waals surface area contributed by atoms with Crippen LogP contribution in [0.3, 0.4) is 0 Å². The molecule has 0 unspecified atom stereocenters. The van der Waals surface area contributed by atoms with Crippen molar-refractivity contribution in [2.45, 2.75) is 24.3 Å². The van der Waals surface area contributed by atoms with Gasteiger partial charge in [0.1, 0.15) is 5.56 Å². The summed E-state index contributed by atoms with van der Waals surface area (Å²) in [5, 5.41) is 2.65. The van der Waals surface area contributed by atoms with Crippen molar-refractivity contribution in [2.24, 2.45) is 11.7 Å². The minimum atomic E-state index is -4.69. The van der Waals surface area contributed by atoms with Crippen LogP contribution in [-0.2, 0) is 16.6 Å². The predicted molar refractivity (Wildman–Crippen MR) is 134 cm³/mol. The second-order valence-corrected chi connectivity index (χ2v) is 10.9. The zero-order valence-corrected chi connectivity index (χ0v) is 21.2. The van der Waals surface area contributed by atoms with Gasteiger partial charge >= 0.3 is 0 Å². The van der Waals surface area contributed by atoms with E-state index < -0.39 is 49.5 Å². The van der Waals surface area contributed by atoms with Crippen LogP contribution >= 0.6 is 22.6 Å². The van der Waals surface area contributed by atoms with E-state index in [9.17, 15) is 13.2 Å². The molecule has 1 aliphatic carbocycles. The molecular weight excluding hydrogens is 593 g/mol. The summed E-state index contributed by atoms with van der Waals surface area (Å²) in [7, 11) is -4.69. The van der Waals surface area contributed by atoms with Crippen molar-refractivity contribution in [3.8, 4) is 5.75 Å². The number of amides is 1. The number of rotatable bonds is 10. The number of benzene rings is 2. The van der Waals surface area contributed by atoms with Gasteiger partial charge in [0.05, 0.1) is 24.5 Å². The number of nitrogens with two attached hydrogens (primary N) is 1. The number of carbonyl (C=O) groups excluding carboxylic acids is 1. The van der Waals surface area contributed by atoms with Crippen molar-refractivity contribution >= 4 is 49.9 Å². The first-order chi connectivity index (χ1) is 16.7. The molecule has 4 N–H and O–H groups in total. The van der Waals surface area contributed by atoms with Crippen molar-refractivity contribution in [1.82, 2.24) is 9.71 Å². The van der Waals surface area contributed by atoms with Crippen molar-refractivity contribution in [3.05, 3.63) is 75.1 Å². The van der Waals surface area contributed by atoms with Gasteiger partial charge in [-0.2, -0.15) is 0 Å². The van der Waals surface area contributed by atoms with Crippen LogP contribution in [-0.4, -0.2) is 25.9 Å². The van der Waals surface area contributed by atoms with E-state index in [1.807, 2.05) is 0 Å². The SMILES string of the molecule is NC(=O)c1c(Nc2ccc(I)cc2)c(F)c(F)c(S(=O)(=O)NCc2ccccn2)c1OCC1CC1. The third-order valence-corrected chi connectivity index (χ3v) is 7.40. The van der Waals surface area contributed by atoms with Gasteiger partial charge < -0.3 is 15.8 Å². The van der Waals surface area contributed by atoms with Crippen LogP contribution in [0.25, 0.3) is 0 Å². The van der Waals surface area contributed by atoms with E-state index in [-0.39, 0.29) is 19.1 Å². The average Bonchev–Trinajstić information content (AvgIpc) is 3.66. The zero-order valence-electron chi connectivity index (χ0n) is 18.2. The highest BCUT2D eigenvalue weighted by Crippen LogP contribution is 2.41. The number of aromatic nitrogens is 1. The Labute approximate surface area is 214 Å². The molecule has 35 heavy (non-hydrogen) atoms. The van der Waals surface area contributed by atoms with E-state index in [0.29, 0.717) is 11.4 Å². The third-order valence-electron chi connectivity index (χ3n) is 5.25. The molecule has 1 aliphatic rings. The number of carbonyl (C=O) groups is 1. The van der Waals surface area contributed by atoms with Gasteiger partial charge in [-0.15, -0.1) is 0 Å². The van der Waals surface area contributed by atoms with E-state index in [1.165, 1.54) is 6.20 Å². The Morgan fingerprint density at radius 2 is 1.86 bits per heavy atom. The van der Waals surface area contributed by atoms with Gasteiger partial charge in [-0.05, 0) is 77.7 Å². The number of anilines is 2. The standard InChI is InChI=1S/C23H21F2IN4O4S/c24-18-19(25)22(35(32,33)29-11-16-3-1-2-10-28-16)21(34-12-13-4-5-13)17(23(27)31)20(18)30-15-8-6-14(26)7-9-15/h1-3,6-10,13,29-30H,4-5,11-12H2,(H2,27,31). The highest BCUT2D eigenvalue weighted by molar-refractivity contribution is 14.1. The molecule has 0 bridgehead atoms. The van der Waals surface area contributed by atoms with E-state index in [1.54, 1.807) is 42.5 Å². The molecule has 1 saturated carbocycles. The smallest absolute Gasteiger partial charge is 0.254 e. The summed E-state index contributed by atoms with van der Waals surface area (Å²) < 4.78 is 65.8. The molecule has 4 rings (SSSR count). The Bertz CT molecular complexity index is 1350. The Morgan fingerprint density at radius 1 is 1.14 bits per heavy atom. The normalized spacial score (nSPS) is 13.5. The highest BCUT2D eigenvalue weighted by atomic mass is 127. The molecule has 1 heterocycles. The number of ether oxygens (including phenoxy) is 1. The van der Waals surface area contributed by atoms with E-state index in [4.69, 9.17) is 10.5 Å². The van der Waals surface area contributed by atoms with Gasteiger partial charge in [0.25, 0.3) is 5.91 Å². The molecule has 1 aromatic heterocycles. The maximum atomic E-state index is 15.4. The van der Waals surface area contributed by atoms with Crippen LogP contribution in [0.1, 0.15) is 28.9 Å². The summed E-state index contributed by atoms with van der Waals surface area (Å²) in [6.07, 6.45) is 3.14. The lowest BCUT2D eigenvalue weighted by molar-refractivity contribution is 0.0995. The number of pyridine rings is 1. The van der Waals surface area contributed by atoms with E-state index in [0.717, 1.165) is 16.4 Å². The average molecular weight is 614 g/mol. The number of halogens is 3. The van der Waals surface area contributed by atoms with E-state index in [2.05, 4.69) is 37.6 Å². The summed E-state index contributed by atoms with van der Waals surface area (Å²) in [6.45, 7) is -0.266. The molecule has 0 atom stereocenters. The van der Waals surface area contributed by atoms with Crippen LogP contribution < -0.4 is 20.5 Å². The molecule has 3 aromatic rings. The number of hydrogen-bond donors (Lipinski definition) is 3. The zero-order chi connectivity index (χ0) is 25.2. The number of sulfonamides is 1. The molecule has 2 aromatic carbocycles. The molecule has 0 spiro atoms. The Balaban J connectivity index is 1.82. The van der Waals surface area contributed by atoms with Crippen LogP contribution in [0.4, 0.5) is 20.2 Å². The summed E-state index contributed by atoms with van der Waals surface area (Å²) in [5.74, 6) is -4.96. The number of nitrogens with one attached hydrogen (secondary N) is 2. The highest BCUT2D eigenvalue weighted by Gasteiger charge is 2.36. The second kappa shape index (κ2) is 10.4. The summed E-state index contributed by atoms with van der Waals surface area (Å²) in [4.78, 5) is 15.3. The largest absolute Gasteiger partial charge is 0.491 e. The molecule has 0 aliphatic heterocycles. The molecule has 1 amide bonds. The fourth-order valence-corrected chi connectivity index (χ4v) is 4.86. The van der Waals surface area contributed by atoms with Crippen molar-refractivity contribution in [3.63, 3.8) is 0 Å². The quantitative estimate of drug-likeness (QED) is 0.296. The Hall–Kier alpha value is -2.84. The minimum absolute atomic E-state index is 0.0249. The maximum absolute atomic E-state index is 15.4. The van der Waals surface area contributed by atoms with Crippen LogP contribution in [0.2, 0.25) is 0 Å². The van der Waals surface area contributed by atoms with Crippen LogP contribution in [0.15, 0.2) is 53.6 Å². The van der Waals surface area contributed by atoms with Crippen molar-refractivity contribution in [1.29, 1.82) is 0 Å². The monoisotopic (exact) mass is 614 g/mol.